The topological polar surface area (TPSA) is 55.6 Å². The molecule has 0 saturated heterocycles. The lowest BCUT2D eigenvalue weighted by atomic mass is 10.1. The molecule has 0 radical (unpaired) electrons. The first-order chi connectivity index (χ1) is 9.29. The van der Waals surface area contributed by atoms with Crippen molar-refractivity contribution < 1.29 is 13.9 Å². The van der Waals surface area contributed by atoms with Crippen LogP contribution in [0.4, 0.5) is 10.1 Å². The minimum Gasteiger partial charge on any atom is -0.469 e. The Kier molecular flexibility index (Phi) is 5.88. The molecule has 20 heavy (non-hydrogen) atoms. The van der Waals surface area contributed by atoms with Crippen molar-refractivity contribution in [1.82, 2.24) is 0 Å². The van der Waals surface area contributed by atoms with Gasteiger partial charge in [0.15, 0.2) is 5.82 Å². The maximum atomic E-state index is 14.3. The number of carbonyl (C=O) groups excluding carboxylic acids is 1. The molecule has 7 heteroatoms. The lowest BCUT2D eigenvalue weighted by Crippen LogP contribution is -2.30. The van der Waals surface area contributed by atoms with Crippen LogP contribution >= 0.6 is 28.1 Å². The SMILES string of the molecule is COC(=O)C(C)CN(C)c1ccc(C(N)=S)c(Br)c1F. The molecule has 0 fully saturated rings. The summed E-state index contributed by atoms with van der Waals surface area (Å²) >= 11 is 7.99. The molecular weight excluding hydrogens is 347 g/mol. The molecule has 0 aliphatic heterocycles. The fraction of sp³-hybridized carbons (Fsp3) is 0.385. The number of ether oxygens (including phenoxy) is 1. The Morgan fingerprint density at radius 1 is 1.60 bits per heavy atom. The minimum atomic E-state index is -0.463. The molecule has 0 saturated carbocycles. The van der Waals surface area contributed by atoms with Crippen LogP contribution in [0.2, 0.25) is 0 Å². The third-order valence-corrected chi connectivity index (χ3v) is 3.89. The Morgan fingerprint density at radius 3 is 2.70 bits per heavy atom. The molecule has 0 heterocycles. The standard InChI is InChI=1S/C13H16BrFN2O2S/c1-7(13(18)19-3)6-17(2)9-5-4-8(12(16)20)10(14)11(9)15/h4-5,7H,6H2,1-3H3,(H2,16,20). The molecule has 1 aromatic carbocycles. The Hall–Kier alpha value is -1.21. The highest BCUT2D eigenvalue weighted by atomic mass is 79.9. The van der Waals surface area contributed by atoms with Gasteiger partial charge >= 0.3 is 5.97 Å². The second-order valence-corrected chi connectivity index (χ2v) is 5.66. The molecule has 0 aromatic heterocycles. The van der Waals surface area contributed by atoms with E-state index in [0.29, 0.717) is 17.8 Å². The number of carbonyl (C=O) groups is 1. The second-order valence-electron chi connectivity index (χ2n) is 4.43. The summed E-state index contributed by atoms with van der Waals surface area (Å²) in [5.74, 6) is -1.16. The molecule has 1 rings (SSSR count). The summed E-state index contributed by atoms with van der Waals surface area (Å²) in [4.78, 5) is 13.2. The fourth-order valence-corrected chi connectivity index (χ4v) is 2.66. The van der Waals surface area contributed by atoms with E-state index < -0.39 is 5.82 Å². The van der Waals surface area contributed by atoms with E-state index in [1.165, 1.54) is 7.11 Å². The van der Waals surface area contributed by atoms with Crippen molar-refractivity contribution in [3.8, 4) is 0 Å². The monoisotopic (exact) mass is 362 g/mol. The average Bonchev–Trinajstić information content (AvgIpc) is 2.39. The van der Waals surface area contributed by atoms with Gasteiger partial charge in [0.05, 0.1) is 23.2 Å². The number of anilines is 1. The highest BCUT2D eigenvalue weighted by molar-refractivity contribution is 9.10. The summed E-state index contributed by atoms with van der Waals surface area (Å²) in [6, 6.07) is 3.22. The van der Waals surface area contributed by atoms with Gasteiger partial charge in [-0.05, 0) is 28.1 Å². The Morgan fingerprint density at radius 2 is 2.20 bits per heavy atom. The number of thiocarbonyl (C=S) groups is 1. The summed E-state index contributed by atoms with van der Waals surface area (Å²) in [6.07, 6.45) is 0. The maximum Gasteiger partial charge on any atom is 0.310 e. The van der Waals surface area contributed by atoms with Crippen LogP contribution in [-0.4, -0.2) is 31.7 Å². The first-order valence-corrected chi connectivity index (χ1v) is 7.06. The number of hydrogen-bond acceptors (Lipinski definition) is 4. The number of hydrogen-bond donors (Lipinski definition) is 1. The molecule has 2 N–H and O–H groups in total. The van der Waals surface area contributed by atoms with Gasteiger partial charge in [-0.1, -0.05) is 19.1 Å². The van der Waals surface area contributed by atoms with Gasteiger partial charge in [-0.3, -0.25) is 4.79 Å². The van der Waals surface area contributed by atoms with Gasteiger partial charge in [-0.2, -0.15) is 0 Å². The Balaban J connectivity index is 3.00. The molecule has 1 atom stereocenters. The average molecular weight is 363 g/mol. The summed E-state index contributed by atoms with van der Waals surface area (Å²) in [6.45, 7) is 2.06. The number of benzene rings is 1. The largest absolute Gasteiger partial charge is 0.469 e. The van der Waals surface area contributed by atoms with Gasteiger partial charge < -0.3 is 15.4 Å². The van der Waals surface area contributed by atoms with Gasteiger partial charge in [0.1, 0.15) is 4.99 Å². The van der Waals surface area contributed by atoms with Crippen LogP contribution in [0, 0.1) is 11.7 Å². The number of methoxy groups -OCH3 is 1. The molecule has 110 valence electrons. The summed E-state index contributed by atoms with van der Waals surface area (Å²) in [5.41, 5.74) is 6.30. The van der Waals surface area contributed by atoms with E-state index in [1.807, 2.05) is 0 Å². The van der Waals surface area contributed by atoms with Crippen molar-refractivity contribution >= 4 is 44.8 Å². The Bertz CT molecular complexity index is 539. The van der Waals surface area contributed by atoms with E-state index in [-0.39, 0.29) is 21.3 Å². The number of nitrogens with two attached hydrogens (primary N) is 1. The van der Waals surface area contributed by atoms with Gasteiger partial charge in [0.25, 0.3) is 0 Å². The molecule has 1 aromatic rings. The van der Waals surface area contributed by atoms with Gasteiger partial charge in [0, 0.05) is 19.2 Å². The molecule has 0 spiro atoms. The smallest absolute Gasteiger partial charge is 0.310 e. The quantitative estimate of drug-likeness (QED) is 0.644. The summed E-state index contributed by atoms with van der Waals surface area (Å²) in [7, 11) is 3.03. The zero-order valence-electron chi connectivity index (χ0n) is 11.4. The third kappa shape index (κ3) is 3.67. The second kappa shape index (κ2) is 6.99. The molecule has 0 bridgehead atoms. The first kappa shape index (κ1) is 16.8. The van der Waals surface area contributed by atoms with Crippen molar-refractivity contribution in [2.75, 3.05) is 25.6 Å². The van der Waals surface area contributed by atoms with Crippen LogP contribution in [0.1, 0.15) is 12.5 Å². The molecule has 1 unspecified atom stereocenters. The first-order valence-electron chi connectivity index (χ1n) is 5.86. The molecule has 0 aliphatic carbocycles. The summed E-state index contributed by atoms with van der Waals surface area (Å²) < 4.78 is 19.2. The number of nitrogens with zero attached hydrogens (tertiary/aromatic N) is 1. The van der Waals surface area contributed by atoms with E-state index >= 15 is 0 Å². The van der Waals surface area contributed by atoms with Crippen molar-refractivity contribution in [2.45, 2.75) is 6.92 Å². The molecular formula is C13H16BrFN2O2S. The van der Waals surface area contributed by atoms with Crippen molar-refractivity contribution in [2.24, 2.45) is 11.7 Å². The highest BCUT2D eigenvalue weighted by Gasteiger charge is 2.20. The van der Waals surface area contributed by atoms with Crippen LogP contribution < -0.4 is 10.6 Å². The van der Waals surface area contributed by atoms with Crippen LogP contribution in [0.15, 0.2) is 16.6 Å². The normalized spacial score (nSPS) is 11.8. The lowest BCUT2D eigenvalue weighted by Gasteiger charge is -2.23. The van der Waals surface area contributed by atoms with Crippen molar-refractivity contribution in [1.29, 1.82) is 0 Å². The Labute approximate surface area is 131 Å². The zero-order valence-corrected chi connectivity index (χ0v) is 13.8. The zero-order chi connectivity index (χ0) is 15.4. The number of esters is 1. The van der Waals surface area contributed by atoms with E-state index in [0.717, 1.165) is 0 Å². The fourth-order valence-electron chi connectivity index (χ4n) is 1.81. The van der Waals surface area contributed by atoms with Gasteiger partial charge in [-0.25, -0.2) is 4.39 Å². The van der Waals surface area contributed by atoms with Crippen LogP contribution in [0.5, 0.6) is 0 Å². The predicted molar refractivity (Wildman–Crippen MR) is 84.4 cm³/mol. The summed E-state index contributed by atoms with van der Waals surface area (Å²) in [5, 5.41) is 0. The van der Waals surface area contributed by atoms with E-state index in [4.69, 9.17) is 18.0 Å². The number of halogens is 2. The van der Waals surface area contributed by atoms with Crippen LogP contribution in [0.25, 0.3) is 0 Å². The van der Waals surface area contributed by atoms with E-state index in [9.17, 15) is 9.18 Å². The predicted octanol–water partition coefficient (Wildman–Crippen LogP) is 2.47. The molecule has 0 amide bonds. The maximum absolute atomic E-state index is 14.3. The third-order valence-electron chi connectivity index (χ3n) is 2.89. The van der Waals surface area contributed by atoms with Crippen molar-refractivity contribution in [3.63, 3.8) is 0 Å². The highest BCUT2D eigenvalue weighted by Crippen LogP contribution is 2.29. The van der Waals surface area contributed by atoms with Crippen molar-refractivity contribution in [3.05, 3.63) is 28.0 Å². The van der Waals surface area contributed by atoms with Gasteiger partial charge in [-0.15, -0.1) is 0 Å². The van der Waals surface area contributed by atoms with Crippen LogP contribution in [0.3, 0.4) is 0 Å². The lowest BCUT2D eigenvalue weighted by molar-refractivity contribution is -0.144. The molecule has 4 nitrogen and oxygen atoms in total. The minimum absolute atomic E-state index is 0.118. The van der Waals surface area contributed by atoms with E-state index in [2.05, 4.69) is 20.7 Å². The van der Waals surface area contributed by atoms with Gasteiger partial charge in [0.2, 0.25) is 0 Å². The van der Waals surface area contributed by atoms with E-state index in [1.54, 1.807) is 31.0 Å². The molecule has 0 aliphatic rings. The number of rotatable bonds is 5. The van der Waals surface area contributed by atoms with Crippen LogP contribution in [-0.2, 0) is 9.53 Å².